The lowest BCUT2D eigenvalue weighted by molar-refractivity contribution is 0.0696. The van der Waals surface area contributed by atoms with Crippen LogP contribution >= 0.6 is 23.2 Å². The highest BCUT2D eigenvalue weighted by molar-refractivity contribution is 7.92. The number of hydrogen-bond donors (Lipinski definition) is 4. The number of aliphatic imine (C=N–C) groups is 1. The molecule has 0 unspecified atom stereocenters. The van der Waals surface area contributed by atoms with Crippen molar-refractivity contribution in [2.24, 2.45) is 15.5 Å². The van der Waals surface area contributed by atoms with Gasteiger partial charge in [-0.05, 0) is 42.5 Å². The third-order valence-corrected chi connectivity index (χ3v) is 8.25. The van der Waals surface area contributed by atoms with Crippen LogP contribution in [0.1, 0.15) is 47.3 Å². The number of aromatic carboxylic acids is 2. The number of carbonyl (C=O) groups is 2. The van der Waals surface area contributed by atoms with E-state index >= 15 is 0 Å². The number of hydrogen-bond acceptors (Lipinski definition) is 9. The average Bonchev–Trinajstić information content (AvgIpc) is 3.51. The number of fused-ring (bicyclic) bond motifs is 1. The third-order valence-electron chi connectivity index (χ3n) is 6.31. The van der Waals surface area contributed by atoms with Crippen molar-refractivity contribution in [2.45, 2.75) is 25.7 Å². The van der Waals surface area contributed by atoms with Gasteiger partial charge in [-0.1, -0.05) is 56.1 Å². The number of benzene rings is 3. The maximum absolute atomic E-state index is 13.2. The van der Waals surface area contributed by atoms with Gasteiger partial charge in [-0.2, -0.15) is 9.78 Å². The molecule has 0 radical (unpaired) electrons. The molecule has 16 heteroatoms. The topological polar surface area (TPSA) is 196 Å². The van der Waals surface area contributed by atoms with E-state index in [0.29, 0.717) is 28.5 Å². The Morgan fingerprint density at radius 1 is 0.909 bits per heavy atom. The molecule has 1 aliphatic heterocycles. The Morgan fingerprint density at radius 3 is 2.07 bits per heavy atom. The van der Waals surface area contributed by atoms with Gasteiger partial charge in [0.15, 0.2) is 11.6 Å². The minimum absolute atomic E-state index is 0.0133. The van der Waals surface area contributed by atoms with Crippen molar-refractivity contribution in [3.8, 4) is 17.1 Å². The lowest BCUT2D eigenvalue weighted by atomic mass is 9.87. The fourth-order valence-corrected chi connectivity index (χ4v) is 5.84. The minimum Gasteiger partial charge on any atom is -0.505 e. The number of aromatic nitrogens is 3. The molecule has 44 heavy (non-hydrogen) atoms. The van der Waals surface area contributed by atoms with Gasteiger partial charge in [-0.25, -0.2) is 23.0 Å². The molecule has 1 aromatic heterocycles. The molecule has 5 rings (SSSR count). The van der Waals surface area contributed by atoms with E-state index in [1.54, 1.807) is 12.1 Å². The Labute approximate surface area is 260 Å². The monoisotopic (exact) mass is 656 g/mol. The summed E-state index contributed by atoms with van der Waals surface area (Å²) in [7, 11) is -4.41. The Bertz CT molecular complexity index is 1990. The first-order valence-corrected chi connectivity index (χ1v) is 14.9. The van der Waals surface area contributed by atoms with E-state index in [2.05, 4.69) is 19.9 Å². The van der Waals surface area contributed by atoms with Gasteiger partial charge in [-0.15, -0.1) is 10.2 Å². The molecule has 0 amide bonds. The Kier molecular flexibility index (Phi) is 7.70. The van der Waals surface area contributed by atoms with Crippen molar-refractivity contribution in [1.29, 1.82) is 0 Å². The summed E-state index contributed by atoms with van der Waals surface area (Å²) in [6.07, 6.45) is 0. The molecule has 4 N–H and O–H groups in total. The molecular weight excluding hydrogens is 635 g/mol. The summed E-state index contributed by atoms with van der Waals surface area (Å²) in [5.41, 5.74) is 0.294. The summed E-state index contributed by atoms with van der Waals surface area (Å²) in [6, 6.07) is 11.6. The quantitative estimate of drug-likeness (QED) is 0.197. The normalized spacial score (nSPS) is 13.9. The van der Waals surface area contributed by atoms with Crippen LogP contribution in [-0.2, 0) is 10.0 Å². The van der Waals surface area contributed by atoms with Gasteiger partial charge in [0.2, 0.25) is 5.82 Å². The molecule has 0 saturated carbocycles. The second-order valence-corrected chi connectivity index (χ2v) is 13.1. The Hall–Kier alpha value is -4.79. The maximum Gasteiger partial charge on any atom is 0.335 e. The van der Waals surface area contributed by atoms with Gasteiger partial charge in [-0.3, -0.25) is 4.72 Å². The van der Waals surface area contributed by atoms with Crippen LogP contribution in [0.4, 0.5) is 11.4 Å². The van der Waals surface area contributed by atoms with Crippen LogP contribution in [0.2, 0.25) is 10.0 Å². The third kappa shape index (κ3) is 5.86. The van der Waals surface area contributed by atoms with Gasteiger partial charge in [0.1, 0.15) is 5.71 Å². The zero-order valence-electron chi connectivity index (χ0n) is 23.1. The van der Waals surface area contributed by atoms with Crippen molar-refractivity contribution < 1.29 is 33.3 Å². The van der Waals surface area contributed by atoms with Crippen molar-refractivity contribution in [3.63, 3.8) is 0 Å². The van der Waals surface area contributed by atoms with Crippen molar-refractivity contribution in [3.05, 3.63) is 81.6 Å². The summed E-state index contributed by atoms with van der Waals surface area (Å²) in [4.78, 5) is 27.1. The predicted octanol–water partition coefficient (Wildman–Crippen LogP) is 5.54. The minimum atomic E-state index is -4.41. The van der Waals surface area contributed by atoms with E-state index in [1.165, 1.54) is 28.9 Å². The van der Waals surface area contributed by atoms with E-state index in [0.717, 1.165) is 18.2 Å². The lowest BCUT2D eigenvalue weighted by Gasteiger charge is -2.18. The number of halogens is 2. The molecule has 226 valence electrons. The van der Waals surface area contributed by atoms with Crippen molar-refractivity contribution >= 4 is 68.0 Å². The summed E-state index contributed by atoms with van der Waals surface area (Å²) >= 11 is 12.2. The molecule has 0 bridgehead atoms. The van der Waals surface area contributed by atoms with Gasteiger partial charge in [0.05, 0.1) is 37.5 Å². The fraction of sp³-hybridized carbons (Fsp3) is 0.143. The number of nitrogens with one attached hydrogen (secondary N) is 1. The molecule has 3 aromatic carbocycles. The highest BCUT2D eigenvalue weighted by Gasteiger charge is 2.35. The van der Waals surface area contributed by atoms with Gasteiger partial charge >= 0.3 is 11.9 Å². The lowest BCUT2D eigenvalue weighted by Crippen LogP contribution is -2.27. The highest BCUT2D eigenvalue weighted by Crippen LogP contribution is 2.37. The second-order valence-electron chi connectivity index (χ2n) is 10.6. The molecular formula is C28H22Cl2N6O7S. The summed E-state index contributed by atoms with van der Waals surface area (Å²) < 4.78 is 30.2. The van der Waals surface area contributed by atoms with Crippen LogP contribution in [0.5, 0.6) is 5.75 Å². The second kappa shape index (κ2) is 11.0. The molecule has 0 aliphatic carbocycles. The number of anilines is 1. The van der Waals surface area contributed by atoms with Crippen LogP contribution in [0.25, 0.3) is 11.4 Å². The standard InChI is InChI=1S/C28H22Cl2N6O7S/c1-28(2,3)23-21(31-17-11-19(29)22(37)20(30)12-17)25-33-32-24(36(25)34-23)13-5-4-6-16(8-13)35-44(42,43)18-9-14(26(38)39)7-15(10-18)27(40)41/h4-12,35,37H,1-3H3,(H,38,39)(H,40,41). The first-order chi connectivity index (χ1) is 20.5. The molecule has 13 nitrogen and oxygen atoms in total. The molecule has 4 aromatic rings. The maximum atomic E-state index is 13.2. The van der Waals surface area contributed by atoms with Crippen LogP contribution in [0.15, 0.2) is 69.6 Å². The largest absolute Gasteiger partial charge is 0.505 e. The van der Waals surface area contributed by atoms with E-state index < -0.39 is 43.4 Å². The van der Waals surface area contributed by atoms with E-state index in [4.69, 9.17) is 28.3 Å². The smallest absolute Gasteiger partial charge is 0.335 e. The SMILES string of the molecule is CC(C)(C)C1=Nn2c(nnc2-c2cccc(NS(=O)(=O)c3cc(C(=O)O)cc(C(=O)O)c3)c2)C1=Nc1cc(Cl)c(O)c(Cl)c1. The van der Waals surface area contributed by atoms with Crippen LogP contribution < -0.4 is 4.72 Å². The first kappa shape index (κ1) is 30.7. The molecule has 0 atom stereocenters. The van der Waals surface area contributed by atoms with Crippen LogP contribution in [0.3, 0.4) is 0 Å². The number of rotatable bonds is 7. The molecule has 0 saturated heterocycles. The van der Waals surface area contributed by atoms with E-state index in [1.807, 2.05) is 20.8 Å². The number of carboxylic acids is 2. The van der Waals surface area contributed by atoms with Gasteiger partial charge in [0.25, 0.3) is 10.0 Å². The van der Waals surface area contributed by atoms with Gasteiger partial charge in [0, 0.05) is 16.7 Å². The molecule has 0 spiro atoms. The Balaban J connectivity index is 1.54. The number of carboxylic acid groups (broad SMARTS) is 2. The predicted molar refractivity (Wildman–Crippen MR) is 163 cm³/mol. The summed E-state index contributed by atoms with van der Waals surface area (Å²) in [5.74, 6) is -2.69. The summed E-state index contributed by atoms with van der Waals surface area (Å²) in [5, 5.41) is 41.9. The molecule has 1 aliphatic rings. The van der Waals surface area contributed by atoms with Crippen LogP contribution in [0, 0.1) is 5.41 Å². The number of aromatic hydroxyl groups is 1. The number of phenolic OH excluding ortho intramolecular Hbond substituents is 1. The summed E-state index contributed by atoms with van der Waals surface area (Å²) in [6.45, 7) is 5.80. The zero-order chi connectivity index (χ0) is 32.1. The fourth-order valence-electron chi connectivity index (χ4n) is 4.25. The van der Waals surface area contributed by atoms with Crippen molar-refractivity contribution in [1.82, 2.24) is 14.9 Å². The number of nitrogens with zero attached hydrogens (tertiary/aromatic N) is 5. The van der Waals surface area contributed by atoms with Crippen LogP contribution in [-0.4, -0.2) is 62.0 Å². The highest BCUT2D eigenvalue weighted by atomic mass is 35.5. The Morgan fingerprint density at radius 2 is 1.50 bits per heavy atom. The molecule has 0 fully saturated rings. The van der Waals surface area contributed by atoms with Crippen molar-refractivity contribution in [2.75, 3.05) is 4.72 Å². The van der Waals surface area contributed by atoms with Gasteiger partial charge < -0.3 is 15.3 Å². The number of phenols is 1. The number of sulfonamides is 1. The average molecular weight is 657 g/mol. The van der Waals surface area contributed by atoms with E-state index in [-0.39, 0.29) is 27.3 Å². The zero-order valence-corrected chi connectivity index (χ0v) is 25.4. The first-order valence-electron chi connectivity index (χ1n) is 12.6. The molecule has 2 heterocycles. The van der Waals surface area contributed by atoms with E-state index in [9.17, 15) is 33.3 Å².